The van der Waals surface area contributed by atoms with Crippen molar-refractivity contribution in [1.82, 2.24) is 9.66 Å². The monoisotopic (exact) mass is 400 g/mol. The highest BCUT2D eigenvalue weighted by atomic mass is 79.9. The maximum absolute atomic E-state index is 12.7. The summed E-state index contributed by atoms with van der Waals surface area (Å²) in [6.45, 7) is 3.80. The quantitative estimate of drug-likeness (QED) is 0.630. The predicted molar refractivity (Wildman–Crippen MR) is 102 cm³/mol. The van der Waals surface area contributed by atoms with Crippen molar-refractivity contribution in [3.8, 4) is 0 Å². The number of hydrogen-bond acceptors (Lipinski definition) is 5. The Kier molecular flexibility index (Phi) is 4.17. The molecule has 3 heterocycles. The molecule has 0 amide bonds. The van der Waals surface area contributed by atoms with Crippen LogP contribution < -0.4 is 10.5 Å². The second-order valence-electron chi connectivity index (χ2n) is 6.05. The average molecular weight is 401 g/mol. The van der Waals surface area contributed by atoms with Gasteiger partial charge in [-0.2, -0.15) is 9.78 Å². The Labute approximate surface area is 152 Å². The van der Waals surface area contributed by atoms with E-state index in [-0.39, 0.29) is 5.56 Å². The van der Waals surface area contributed by atoms with Gasteiger partial charge in [0, 0.05) is 23.6 Å². The number of nitrogens with zero attached hydrogens (tertiary/aromatic N) is 4. The van der Waals surface area contributed by atoms with Gasteiger partial charge in [-0.05, 0) is 44.0 Å². The van der Waals surface area contributed by atoms with Gasteiger partial charge in [-0.3, -0.25) is 4.79 Å². The fraction of sp³-hybridized carbons (Fsp3) is 0.278. The minimum Gasteiger partial charge on any atom is -0.440 e. The molecule has 25 heavy (non-hydrogen) atoms. The van der Waals surface area contributed by atoms with Gasteiger partial charge in [0.15, 0.2) is 5.88 Å². The molecular formula is C18H17BrN4O2. The van der Waals surface area contributed by atoms with Crippen molar-refractivity contribution in [2.45, 2.75) is 19.8 Å². The molecule has 1 saturated heterocycles. The smallest absolute Gasteiger partial charge is 0.282 e. The zero-order valence-electron chi connectivity index (χ0n) is 13.8. The summed E-state index contributed by atoms with van der Waals surface area (Å²) < 4.78 is 7.94. The van der Waals surface area contributed by atoms with Gasteiger partial charge in [0.25, 0.3) is 5.56 Å². The molecule has 4 rings (SSSR count). The number of benzene rings is 1. The Morgan fingerprint density at radius 2 is 2.04 bits per heavy atom. The van der Waals surface area contributed by atoms with Crippen LogP contribution in [0.1, 0.15) is 24.4 Å². The Bertz CT molecular complexity index is 1020. The van der Waals surface area contributed by atoms with Crippen LogP contribution in [0.5, 0.6) is 0 Å². The lowest BCUT2D eigenvalue weighted by Gasteiger charge is -2.12. The van der Waals surface area contributed by atoms with E-state index in [1.54, 1.807) is 19.2 Å². The summed E-state index contributed by atoms with van der Waals surface area (Å²) in [5, 5.41) is 4.81. The summed E-state index contributed by atoms with van der Waals surface area (Å²) in [5.41, 5.74) is 0.456. The second kappa shape index (κ2) is 6.48. The fourth-order valence-corrected chi connectivity index (χ4v) is 3.39. The Hall–Kier alpha value is -2.41. The van der Waals surface area contributed by atoms with Crippen LogP contribution in [0.3, 0.4) is 0 Å². The van der Waals surface area contributed by atoms with Gasteiger partial charge in [0.2, 0.25) is 0 Å². The molecule has 0 aliphatic carbocycles. The van der Waals surface area contributed by atoms with E-state index in [4.69, 9.17) is 4.42 Å². The van der Waals surface area contributed by atoms with Crippen LogP contribution in [0.4, 0.5) is 5.88 Å². The van der Waals surface area contributed by atoms with Crippen LogP contribution in [0.2, 0.25) is 0 Å². The van der Waals surface area contributed by atoms with Gasteiger partial charge in [0.05, 0.1) is 17.1 Å². The van der Waals surface area contributed by atoms with Crippen LogP contribution in [-0.2, 0) is 0 Å². The van der Waals surface area contributed by atoms with E-state index < -0.39 is 0 Å². The molecule has 0 saturated carbocycles. The first-order chi connectivity index (χ1) is 12.1. The lowest BCUT2D eigenvalue weighted by molar-refractivity contribution is 0.549. The molecule has 7 heteroatoms. The van der Waals surface area contributed by atoms with Crippen LogP contribution in [0.25, 0.3) is 10.9 Å². The zero-order chi connectivity index (χ0) is 17.4. The van der Waals surface area contributed by atoms with E-state index >= 15 is 0 Å². The van der Waals surface area contributed by atoms with E-state index in [2.05, 4.69) is 30.9 Å². The summed E-state index contributed by atoms with van der Waals surface area (Å²) in [7, 11) is 0. The number of rotatable bonds is 3. The predicted octanol–water partition coefficient (Wildman–Crippen LogP) is 3.54. The molecule has 1 aliphatic heterocycles. The van der Waals surface area contributed by atoms with E-state index in [9.17, 15) is 4.79 Å². The number of anilines is 1. The molecule has 0 atom stereocenters. The molecule has 0 spiro atoms. The van der Waals surface area contributed by atoms with Crippen LogP contribution in [-0.4, -0.2) is 29.0 Å². The minimum absolute atomic E-state index is 0.202. The Morgan fingerprint density at radius 3 is 2.84 bits per heavy atom. The highest BCUT2D eigenvalue weighted by Gasteiger charge is 2.15. The molecule has 1 aromatic carbocycles. The van der Waals surface area contributed by atoms with Crippen molar-refractivity contribution in [3.05, 3.63) is 56.7 Å². The molecule has 0 N–H and O–H groups in total. The number of halogens is 1. The van der Waals surface area contributed by atoms with Gasteiger partial charge in [0.1, 0.15) is 11.6 Å². The van der Waals surface area contributed by atoms with E-state index in [1.807, 2.05) is 24.3 Å². The molecule has 0 unspecified atom stereocenters. The van der Waals surface area contributed by atoms with Crippen molar-refractivity contribution in [2.24, 2.45) is 5.10 Å². The molecule has 6 nitrogen and oxygen atoms in total. The highest BCUT2D eigenvalue weighted by molar-refractivity contribution is 9.10. The van der Waals surface area contributed by atoms with E-state index in [1.165, 1.54) is 17.5 Å². The number of furan rings is 1. The number of fused-ring (bicyclic) bond motifs is 1. The van der Waals surface area contributed by atoms with Crippen molar-refractivity contribution in [3.63, 3.8) is 0 Å². The molecule has 0 radical (unpaired) electrons. The molecular weight excluding hydrogens is 384 g/mol. The zero-order valence-corrected chi connectivity index (χ0v) is 15.4. The SMILES string of the molecule is Cc1nc2ccc(Br)cc2c(=O)n1N=Cc1ccc(N2CCCC2)o1. The largest absolute Gasteiger partial charge is 0.440 e. The van der Waals surface area contributed by atoms with E-state index in [0.717, 1.165) is 23.4 Å². The van der Waals surface area contributed by atoms with Crippen molar-refractivity contribution >= 4 is 38.9 Å². The topological polar surface area (TPSA) is 63.6 Å². The van der Waals surface area contributed by atoms with Crippen LogP contribution in [0.15, 0.2) is 49.1 Å². The first kappa shape index (κ1) is 16.1. The molecule has 1 fully saturated rings. The fourth-order valence-electron chi connectivity index (χ4n) is 3.03. The van der Waals surface area contributed by atoms with Crippen molar-refractivity contribution in [1.29, 1.82) is 0 Å². The van der Waals surface area contributed by atoms with Gasteiger partial charge in [-0.1, -0.05) is 15.9 Å². The summed E-state index contributed by atoms with van der Waals surface area (Å²) in [6.07, 6.45) is 3.94. The van der Waals surface area contributed by atoms with Crippen LogP contribution in [0, 0.1) is 6.92 Å². The molecule has 1 aliphatic rings. The first-order valence-corrected chi connectivity index (χ1v) is 8.99. The summed E-state index contributed by atoms with van der Waals surface area (Å²) >= 11 is 3.39. The van der Waals surface area contributed by atoms with E-state index in [0.29, 0.717) is 22.5 Å². The van der Waals surface area contributed by atoms with Crippen molar-refractivity contribution in [2.75, 3.05) is 18.0 Å². The van der Waals surface area contributed by atoms with Gasteiger partial charge in [-0.25, -0.2) is 4.98 Å². The molecule has 128 valence electrons. The number of aromatic nitrogens is 2. The third-order valence-electron chi connectivity index (χ3n) is 4.30. The van der Waals surface area contributed by atoms with Crippen LogP contribution >= 0.6 is 15.9 Å². The highest BCUT2D eigenvalue weighted by Crippen LogP contribution is 2.22. The Balaban J connectivity index is 1.68. The summed E-state index contributed by atoms with van der Waals surface area (Å²) in [4.78, 5) is 19.3. The third kappa shape index (κ3) is 3.11. The first-order valence-electron chi connectivity index (χ1n) is 8.20. The second-order valence-corrected chi connectivity index (χ2v) is 6.97. The molecule has 0 bridgehead atoms. The summed E-state index contributed by atoms with van der Waals surface area (Å²) in [5.74, 6) is 1.99. The molecule has 2 aromatic heterocycles. The third-order valence-corrected chi connectivity index (χ3v) is 4.79. The standard InChI is InChI=1S/C18H17BrN4O2/c1-12-21-16-6-4-13(19)10-15(16)18(24)23(12)20-11-14-5-7-17(25-14)22-8-2-3-9-22/h4-7,10-11H,2-3,8-9H2,1H3. The average Bonchev–Trinajstić information content (AvgIpc) is 3.26. The lowest BCUT2D eigenvalue weighted by Crippen LogP contribution is -2.20. The maximum Gasteiger partial charge on any atom is 0.282 e. The maximum atomic E-state index is 12.7. The number of aryl methyl sites for hydroxylation is 1. The van der Waals surface area contributed by atoms with Gasteiger partial charge < -0.3 is 9.32 Å². The van der Waals surface area contributed by atoms with Gasteiger partial charge in [-0.15, -0.1) is 0 Å². The normalized spacial score (nSPS) is 14.9. The number of hydrogen-bond donors (Lipinski definition) is 0. The lowest BCUT2D eigenvalue weighted by atomic mass is 10.2. The van der Waals surface area contributed by atoms with Crippen molar-refractivity contribution < 1.29 is 4.42 Å². The summed E-state index contributed by atoms with van der Waals surface area (Å²) in [6, 6.07) is 9.25. The molecule has 3 aromatic rings. The minimum atomic E-state index is -0.202. The van der Waals surface area contributed by atoms with Gasteiger partial charge >= 0.3 is 0 Å². The Morgan fingerprint density at radius 1 is 1.24 bits per heavy atom.